The second-order valence-corrected chi connectivity index (χ2v) is 5.96. The number of aryl methyl sites for hydroxylation is 1. The number of pyridine rings is 1. The number of ether oxygens (including phenoxy) is 1. The fraction of sp³-hybridized carbons (Fsp3) is 0.211. The molecule has 0 atom stereocenters. The van der Waals surface area contributed by atoms with Gasteiger partial charge in [0.2, 0.25) is 5.78 Å². The molecule has 140 valence electrons. The van der Waals surface area contributed by atoms with Gasteiger partial charge in [-0.25, -0.2) is 0 Å². The molecule has 5 nitrogen and oxygen atoms in total. The molecule has 27 heavy (non-hydrogen) atoms. The Hall–Kier alpha value is -3.16. The number of rotatable bonds is 4. The summed E-state index contributed by atoms with van der Waals surface area (Å²) >= 11 is 0. The molecule has 0 bridgehead atoms. The molecule has 0 aliphatic carbocycles. The Labute approximate surface area is 152 Å². The summed E-state index contributed by atoms with van der Waals surface area (Å²) < 4.78 is 44.2. The van der Waals surface area contributed by atoms with Gasteiger partial charge in [0.1, 0.15) is 11.4 Å². The highest BCUT2D eigenvalue weighted by Crippen LogP contribution is 2.36. The van der Waals surface area contributed by atoms with Gasteiger partial charge in [0, 0.05) is 18.0 Å². The highest BCUT2D eigenvalue weighted by atomic mass is 19.4. The third-order valence-electron chi connectivity index (χ3n) is 3.96. The van der Waals surface area contributed by atoms with Crippen LogP contribution >= 0.6 is 0 Å². The summed E-state index contributed by atoms with van der Waals surface area (Å²) in [5.41, 5.74) is -0.0800. The largest absolute Gasteiger partial charge is 0.423 e. The number of alkyl halides is 3. The summed E-state index contributed by atoms with van der Waals surface area (Å²) in [5.74, 6) is -1.29. The second-order valence-electron chi connectivity index (χ2n) is 5.96. The van der Waals surface area contributed by atoms with Gasteiger partial charge in [-0.1, -0.05) is 6.92 Å². The lowest BCUT2D eigenvalue weighted by Gasteiger charge is -2.07. The first-order valence-electron chi connectivity index (χ1n) is 8.11. The molecule has 0 unspecified atom stereocenters. The van der Waals surface area contributed by atoms with E-state index in [1.807, 2.05) is 0 Å². The van der Waals surface area contributed by atoms with Crippen LogP contribution in [0.4, 0.5) is 13.2 Å². The lowest BCUT2D eigenvalue weighted by molar-refractivity contribution is -0.137. The molecule has 2 heterocycles. The topological polar surface area (TPSA) is 72.1 Å². The zero-order chi connectivity index (χ0) is 19.8. The van der Waals surface area contributed by atoms with Gasteiger partial charge in [-0.15, -0.1) is 0 Å². The molecule has 0 aliphatic rings. The van der Waals surface area contributed by atoms with E-state index < -0.39 is 23.5 Å². The molecule has 0 saturated heterocycles. The number of aromatic amines is 1. The summed E-state index contributed by atoms with van der Waals surface area (Å²) in [6.45, 7) is 3.35. The number of carbonyl (C=O) groups is 2. The smallest absolute Gasteiger partial charge is 0.416 e. The second kappa shape index (κ2) is 6.86. The molecular weight excluding hydrogens is 361 g/mol. The van der Waals surface area contributed by atoms with Crippen LogP contribution in [0.15, 0.2) is 36.5 Å². The molecule has 0 fully saturated rings. The van der Waals surface area contributed by atoms with Crippen LogP contribution in [-0.4, -0.2) is 21.7 Å². The Morgan fingerprint density at radius 3 is 2.56 bits per heavy atom. The summed E-state index contributed by atoms with van der Waals surface area (Å²) in [6, 6.07) is 6.17. The summed E-state index contributed by atoms with van der Waals surface area (Å²) in [4.78, 5) is 31.3. The maximum absolute atomic E-state index is 13.0. The maximum Gasteiger partial charge on any atom is 0.416 e. The Kier molecular flexibility index (Phi) is 4.73. The lowest BCUT2D eigenvalue weighted by atomic mass is 10.1. The van der Waals surface area contributed by atoms with E-state index in [1.165, 1.54) is 12.3 Å². The minimum atomic E-state index is -4.54. The van der Waals surface area contributed by atoms with Crippen LogP contribution in [0, 0.1) is 6.92 Å². The number of fused-ring (bicyclic) bond motifs is 1. The molecule has 2 aromatic heterocycles. The fourth-order valence-corrected chi connectivity index (χ4v) is 2.59. The van der Waals surface area contributed by atoms with E-state index in [4.69, 9.17) is 4.74 Å². The van der Waals surface area contributed by atoms with E-state index in [2.05, 4.69) is 9.97 Å². The van der Waals surface area contributed by atoms with Gasteiger partial charge in [0.05, 0.1) is 11.1 Å². The highest BCUT2D eigenvalue weighted by molar-refractivity contribution is 6.13. The first-order valence-corrected chi connectivity index (χ1v) is 8.11. The van der Waals surface area contributed by atoms with Crippen LogP contribution < -0.4 is 4.74 Å². The standard InChI is InChI=1S/C19H15F3N2O3/c1-3-15(25)27-18-12-5-4-11(19(20,21)22)9-13(12)24-16(18)17(26)14-8-10(2)6-7-23-14/h4-9,24H,3H2,1-2H3. The average molecular weight is 376 g/mol. The van der Waals surface area contributed by atoms with Gasteiger partial charge in [0.15, 0.2) is 5.75 Å². The number of benzene rings is 1. The number of aromatic nitrogens is 2. The Morgan fingerprint density at radius 1 is 1.19 bits per heavy atom. The molecule has 0 amide bonds. The number of hydrogen-bond acceptors (Lipinski definition) is 4. The minimum absolute atomic E-state index is 0.0414. The van der Waals surface area contributed by atoms with E-state index in [9.17, 15) is 22.8 Å². The SMILES string of the molecule is CCC(=O)Oc1c(C(=O)c2cc(C)ccn2)[nH]c2cc(C(F)(F)F)ccc12. The van der Waals surface area contributed by atoms with Crippen molar-refractivity contribution in [2.45, 2.75) is 26.4 Å². The molecule has 3 rings (SSSR count). The number of halogens is 3. The van der Waals surface area contributed by atoms with Crippen molar-refractivity contribution in [3.63, 3.8) is 0 Å². The minimum Gasteiger partial charge on any atom is -0.423 e. The van der Waals surface area contributed by atoms with Crippen molar-refractivity contribution < 1.29 is 27.5 Å². The van der Waals surface area contributed by atoms with Gasteiger partial charge < -0.3 is 9.72 Å². The van der Waals surface area contributed by atoms with Gasteiger partial charge in [-0.3, -0.25) is 14.6 Å². The predicted molar refractivity (Wildman–Crippen MR) is 91.6 cm³/mol. The molecule has 1 N–H and O–H groups in total. The van der Waals surface area contributed by atoms with Crippen molar-refractivity contribution in [2.24, 2.45) is 0 Å². The van der Waals surface area contributed by atoms with Gasteiger partial charge in [0.25, 0.3) is 0 Å². The molecule has 8 heteroatoms. The highest BCUT2D eigenvalue weighted by Gasteiger charge is 2.32. The number of nitrogens with zero attached hydrogens (tertiary/aromatic N) is 1. The van der Waals surface area contributed by atoms with Crippen molar-refractivity contribution >= 4 is 22.7 Å². The third-order valence-corrected chi connectivity index (χ3v) is 3.96. The maximum atomic E-state index is 13.0. The van der Waals surface area contributed by atoms with Crippen LogP contribution in [0.2, 0.25) is 0 Å². The first kappa shape index (κ1) is 18.6. The zero-order valence-electron chi connectivity index (χ0n) is 14.5. The van der Waals surface area contributed by atoms with Crippen LogP contribution in [0.25, 0.3) is 10.9 Å². The van der Waals surface area contributed by atoms with Crippen LogP contribution in [0.1, 0.15) is 40.7 Å². The van der Waals surface area contributed by atoms with E-state index in [-0.39, 0.29) is 34.5 Å². The number of carbonyl (C=O) groups excluding carboxylic acids is 2. The summed E-state index contributed by atoms with van der Waals surface area (Å²) in [5, 5.41) is 0.209. The third kappa shape index (κ3) is 3.69. The fourth-order valence-electron chi connectivity index (χ4n) is 2.59. The zero-order valence-corrected chi connectivity index (χ0v) is 14.5. The number of esters is 1. The Balaban J connectivity index is 2.18. The first-order chi connectivity index (χ1) is 12.7. The van der Waals surface area contributed by atoms with Crippen molar-refractivity contribution in [1.82, 2.24) is 9.97 Å². The molecule has 0 saturated carbocycles. The summed E-state index contributed by atoms with van der Waals surface area (Å²) in [7, 11) is 0. The monoisotopic (exact) mass is 376 g/mol. The van der Waals surface area contributed by atoms with Gasteiger partial charge in [-0.2, -0.15) is 13.2 Å². The molecule has 3 aromatic rings. The van der Waals surface area contributed by atoms with Crippen molar-refractivity contribution in [1.29, 1.82) is 0 Å². The number of H-pyrrole nitrogens is 1. The Morgan fingerprint density at radius 2 is 1.93 bits per heavy atom. The molecule has 1 aromatic carbocycles. The predicted octanol–water partition coefficient (Wildman–Crippen LogP) is 4.44. The van der Waals surface area contributed by atoms with E-state index >= 15 is 0 Å². The van der Waals surface area contributed by atoms with Crippen LogP contribution in [0.3, 0.4) is 0 Å². The summed E-state index contributed by atoms with van der Waals surface area (Å²) in [6.07, 6.45) is -3.05. The van der Waals surface area contributed by atoms with E-state index in [0.717, 1.165) is 17.7 Å². The average Bonchev–Trinajstić information content (AvgIpc) is 2.98. The van der Waals surface area contributed by atoms with E-state index in [1.54, 1.807) is 26.0 Å². The van der Waals surface area contributed by atoms with Gasteiger partial charge in [-0.05, 0) is 42.8 Å². The number of nitrogens with one attached hydrogen (secondary N) is 1. The lowest BCUT2D eigenvalue weighted by Crippen LogP contribution is -2.11. The van der Waals surface area contributed by atoms with Crippen LogP contribution in [0.5, 0.6) is 5.75 Å². The quantitative estimate of drug-likeness (QED) is 0.540. The van der Waals surface area contributed by atoms with Crippen molar-refractivity contribution in [2.75, 3.05) is 0 Å². The Bertz CT molecular complexity index is 1040. The van der Waals surface area contributed by atoms with Crippen LogP contribution in [-0.2, 0) is 11.0 Å². The molecule has 0 aliphatic heterocycles. The number of ketones is 1. The normalized spacial score (nSPS) is 11.6. The number of hydrogen-bond donors (Lipinski definition) is 1. The van der Waals surface area contributed by atoms with Crippen molar-refractivity contribution in [3.05, 3.63) is 59.0 Å². The molecular formula is C19H15F3N2O3. The molecule has 0 spiro atoms. The van der Waals surface area contributed by atoms with Gasteiger partial charge >= 0.3 is 12.1 Å². The van der Waals surface area contributed by atoms with Crippen molar-refractivity contribution in [3.8, 4) is 5.75 Å². The van der Waals surface area contributed by atoms with E-state index in [0.29, 0.717) is 0 Å². The molecule has 0 radical (unpaired) electrons.